The molecule has 0 amide bonds. The van der Waals surface area contributed by atoms with Gasteiger partial charge in [0.2, 0.25) is 0 Å². The molecule has 2 aliphatic heterocycles. The minimum atomic E-state index is 0.393. The van der Waals surface area contributed by atoms with Crippen molar-refractivity contribution in [3.05, 3.63) is 64.6 Å². The molecule has 32 heavy (non-hydrogen) atoms. The SMILES string of the molecule is C=C(/C=C\C(=C/C)C1CN(C)Cc2cc(OCC3CCN(C4CCC4)CC3)ccc21)SC. The molecule has 0 N–H and O–H groups in total. The zero-order valence-electron chi connectivity index (χ0n) is 20.2. The van der Waals surface area contributed by atoms with Crippen molar-refractivity contribution in [3.63, 3.8) is 0 Å². The van der Waals surface area contributed by atoms with Crippen molar-refractivity contribution in [2.24, 2.45) is 5.92 Å². The molecular weight excluding hydrogens is 412 g/mol. The maximum atomic E-state index is 6.32. The monoisotopic (exact) mass is 452 g/mol. The Bertz CT molecular complexity index is 849. The van der Waals surface area contributed by atoms with Gasteiger partial charge in [-0.2, -0.15) is 0 Å². The Morgan fingerprint density at radius 1 is 1.19 bits per heavy atom. The van der Waals surface area contributed by atoms with Gasteiger partial charge in [0.05, 0.1) is 6.61 Å². The maximum Gasteiger partial charge on any atom is 0.119 e. The highest BCUT2D eigenvalue weighted by molar-refractivity contribution is 8.02. The van der Waals surface area contributed by atoms with Gasteiger partial charge in [-0.25, -0.2) is 0 Å². The van der Waals surface area contributed by atoms with Gasteiger partial charge < -0.3 is 14.5 Å². The van der Waals surface area contributed by atoms with E-state index in [-0.39, 0.29) is 0 Å². The van der Waals surface area contributed by atoms with E-state index in [0.717, 1.165) is 36.4 Å². The quantitative estimate of drug-likeness (QED) is 0.434. The summed E-state index contributed by atoms with van der Waals surface area (Å²) < 4.78 is 6.32. The number of ether oxygens (including phenoxy) is 1. The van der Waals surface area contributed by atoms with E-state index in [4.69, 9.17) is 4.74 Å². The van der Waals surface area contributed by atoms with E-state index in [9.17, 15) is 0 Å². The first kappa shape index (κ1) is 23.7. The molecule has 1 saturated heterocycles. The van der Waals surface area contributed by atoms with Crippen LogP contribution in [-0.4, -0.2) is 55.4 Å². The van der Waals surface area contributed by atoms with Crippen molar-refractivity contribution in [2.45, 2.75) is 57.5 Å². The molecule has 0 bridgehead atoms. The van der Waals surface area contributed by atoms with Gasteiger partial charge in [-0.15, -0.1) is 11.8 Å². The number of hydrogen-bond acceptors (Lipinski definition) is 4. The Morgan fingerprint density at radius 2 is 1.97 bits per heavy atom. The van der Waals surface area contributed by atoms with Gasteiger partial charge in [0, 0.05) is 25.0 Å². The third-order valence-corrected chi connectivity index (χ3v) is 8.27. The summed E-state index contributed by atoms with van der Waals surface area (Å²) in [5.74, 6) is 2.12. The first-order chi connectivity index (χ1) is 15.6. The lowest BCUT2D eigenvalue weighted by Gasteiger charge is -2.41. The normalized spacial score (nSPS) is 23.8. The van der Waals surface area contributed by atoms with Crippen molar-refractivity contribution in [1.82, 2.24) is 9.80 Å². The van der Waals surface area contributed by atoms with E-state index >= 15 is 0 Å². The van der Waals surface area contributed by atoms with Crippen LogP contribution in [0.4, 0.5) is 0 Å². The Hall–Kier alpha value is -1.49. The lowest BCUT2D eigenvalue weighted by molar-refractivity contribution is 0.0708. The van der Waals surface area contributed by atoms with Crippen LogP contribution in [0.15, 0.2) is 53.5 Å². The summed E-state index contributed by atoms with van der Waals surface area (Å²) in [6.07, 6.45) is 15.5. The standard InChI is InChI=1S/C28H40N2OS/c1-5-23(10-9-21(2)32-4)28-19-29(3)18-24-17-26(11-12-27(24)28)31-20-22-13-15-30(16-14-22)25-7-6-8-25/h5,9-12,17,22,25,28H,2,6-8,13-16,18-20H2,1,3-4H3/b10-9-,23-5+. The van der Waals surface area contributed by atoms with Gasteiger partial charge in [0.25, 0.3) is 0 Å². The van der Waals surface area contributed by atoms with E-state index in [1.807, 2.05) is 0 Å². The average molecular weight is 453 g/mol. The first-order valence-electron chi connectivity index (χ1n) is 12.3. The second-order valence-corrected chi connectivity index (χ2v) is 10.7. The molecule has 2 fully saturated rings. The summed E-state index contributed by atoms with van der Waals surface area (Å²) >= 11 is 1.70. The highest BCUT2D eigenvalue weighted by atomic mass is 32.2. The summed E-state index contributed by atoms with van der Waals surface area (Å²) in [5.41, 5.74) is 4.20. The summed E-state index contributed by atoms with van der Waals surface area (Å²) in [6.45, 7) is 11.6. The van der Waals surface area contributed by atoms with Crippen molar-refractivity contribution in [3.8, 4) is 5.75 Å². The summed E-state index contributed by atoms with van der Waals surface area (Å²) in [6, 6.07) is 7.68. The van der Waals surface area contributed by atoms with E-state index in [1.165, 1.54) is 61.9 Å². The van der Waals surface area contributed by atoms with E-state index < -0.39 is 0 Å². The van der Waals surface area contributed by atoms with Crippen LogP contribution in [0.1, 0.15) is 56.1 Å². The van der Waals surface area contributed by atoms with Gasteiger partial charge in [-0.1, -0.05) is 31.2 Å². The van der Waals surface area contributed by atoms with Crippen LogP contribution in [0.2, 0.25) is 0 Å². The smallest absolute Gasteiger partial charge is 0.119 e. The molecular formula is C28H40N2OS. The van der Waals surface area contributed by atoms with Crippen LogP contribution in [0.25, 0.3) is 0 Å². The minimum Gasteiger partial charge on any atom is -0.493 e. The molecule has 3 aliphatic rings. The third kappa shape index (κ3) is 5.70. The molecule has 1 aromatic carbocycles. The number of fused-ring (bicyclic) bond motifs is 1. The predicted octanol–water partition coefficient (Wildman–Crippen LogP) is 6.24. The number of allylic oxidation sites excluding steroid dienone is 3. The number of likely N-dealkylation sites (N-methyl/N-ethyl adjacent to an activating group) is 1. The molecule has 0 spiro atoms. The van der Waals surface area contributed by atoms with E-state index in [2.05, 4.69) is 73.0 Å². The Balaban J connectivity index is 1.38. The molecule has 1 aromatic rings. The Kier molecular flexibility index (Phi) is 8.20. The second-order valence-electron chi connectivity index (χ2n) is 9.78. The van der Waals surface area contributed by atoms with Gasteiger partial charge in [-0.3, -0.25) is 0 Å². The average Bonchev–Trinajstić information content (AvgIpc) is 2.77. The van der Waals surface area contributed by atoms with Crippen molar-refractivity contribution >= 4 is 11.8 Å². The molecule has 2 heterocycles. The van der Waals surface area contributed by atoms with Crippen LogP contribution in [0, 0.1) is 5.92 Å². The summed E-state index contributed by atoms with van der Waals surface area (Å²) in [7, 11) is 2.22. The number of hydrogen-bond donors (Lipinski definition) is 0. The predicted molar refractivity (Wildman–Crippen MR) is 138 cm³/mol. The molecule has 1 aliphatic carbocycles. The van der Waals surface area contributed by atoms with Crippen LogP contribution in [0.3, 0.4) is 0 Å². The highest BCUT2D eigenvalue weighted by Crippen LogP contribution is 2.36. The molecule has 1 unspecified atom stereocenters. The Labute approximate surface area is 199 Å². The zero-order chi connectivity index (χ0) is 22.5. The number of nitrogens with zero attached hydrogens (tertiary/aromatic N) is 2. The Morgan fingerprint density at radius 3 is 2.62 bits per heavy atom. The minimum absolute atomic E-state index is 0.393. The zero-order valence-corrected chi connectivity index (χ0v) is 21.0. The number of likely N-dealkylation sites (tertiary alicyclic amines) is 1. The van der Waals surface area contributed by atoms with Crippen LogP contribution in [-0.2, 0) is 6.54 Å². The molecule has 0 aromatic heterocycles. The van der Waals surface area contributed by atoms with Gasteiger partial charge in [0.1, 0.15) is 5.75 Å². The van der Waals surface area contributed by atoms with Crippen LogP contribution < -0.4 is 4.74 Å². The topological polar surface area (TPSA) is 15.7 Å². The number of thioether (sulfide) groups is 1. The second kappa shape index (κ2) is 11.1. The fourth-order valence-electron chi connectivity index (χ4n) is 5.32. The number of rotatable bonds is 8. The van der Waals surface area contributed by atoms with Crippen molar-refractivity contribution in [2.75, 3.05) is 39.5 Å². The highest BCUT2D eigenvalue weighted by Gasteiger charge is 2.29. The molecule has 1 atom stereocenters. The fourth-order valence-corrected chi connectivity index (χ4v) is 5.52. The third-order valence-electron chi connectivity index (χ3n) is 7.61. The first-order valence-corrected chi connectivity index (χ1v) is 13.5. The lowest BCUT2D eigenvalue weighted by Crippen LogP contribution is -2.45. The molecule has 1 saturated carbocycles. The summed E-state index contributed by atoms with van der Waals surface area (Å²) in [5, 5.41) is 0. The van der Waals surface area contributed by atoms with Crippen molar-refractivity contribution < 1.29 is 4.74 Å². The molecule has 4 heteroatoms. The van der Waals surface area contributed by atoms with E-state index in [1.54, 1.807) is 11.8 Å². The molecule has 3 nitrogen and oxygen atoms in total. The van der Waals surface area contributed by atoms with Gasteiger partial charge >= 0.3 is 0 Å². The fraction of sp³-hybridized carbons (Fsp3) is 0.571. The molecule has 4 rings (SSSR count). The van der Waals surface area contributed by atoms with Crippen molar-refractivity contribution in [1.29, 1.82) is 0 Å². The number of benzene rings is 1. The summed E-state index contributed by atoms with van der Waals surface area (Å²) in [4.78, 5) is 6.24. The molecule has 0 radical (unpaired) electrons. The molecule has 174 valence electrons. The number of piperidine rings is 1. The lowest BCUT2D eigenvalue weighted by atomic mass is 9.84. The van der Waals surface area contributed by atoms with Crippen LogP contribution in [0.5, 0.6) is 5.75 Å². The van der Waals surface area contributed by atoms with E-state index in [0.29, 0.717) is 11.8 Å². The largest absolute Gasteiger partial charge is 0.493 e. The van der Waals surface area contributed by atoms with Gasteiger partial charge in [-0.05, 0) is 105 Å². The maximum absolute atomic E-state index is 6.32. The van der Waals surface area contributed by atoms with Crippen LogP contribution >= 0.6 is 11.8 Å². The van der Waals surface area contributed by atoms with Gasteiger partial charge in [0.15, 0.2) is 0 Å².